The van der Waals surface area contributed by atoms with E-state index in [1.54, 1.807) is 0 Å². The predicted molar refractivity (Wildman–Crippen MR) is 81.3 cm³/mol. The summed E-state index contributed by atoms with van der Waals surface area (Å²) in [5.74, 6) is 3.75. The van der Waals surface area contributed by atoms with Crippen LogP contribution in [0.25, 0.3) is 0 Å². The zero-order valence-electron chi connectivity index (χ0n) is 13.1. The fraction of sp³-hybridized carbons (Fsp3) is 1.00. The fourth-order valence-electron chi connectivity index (χ4n) is 7.13. The van der Waals surface area contributed by atoms with Crippen LogP contribution in [0.15, 0.2) is 5.18 Å². The Morgan fingerprint density at radius 2 is 1.85 bits per heavy atom. The zero-order chi connectivity index (χ0) is 14.0. The molecule has 0 aromatic heterocycles. The lowest BCUT2D eigenvalue weighted by Crippen LogP contribution is -2.46. The van der Waals surface area contributed by atoms with Crippen LogP contribution in [0.4, 0.5) is 0 Å². The van der Waals surface area contributed by atoms with Gasteiger partial charge in [0.1, 0.15) is 0 Å². The molecule has 4 aliphatic carbocycles. The van der Waals surface area contributed by atoms with Gasteiger partial charge in [-0.1, -0.05) is 25.4 Å². The number of rotatable bonds is 1. The first-order valence-corrected chi connectivity index (χ1v) is 8.89. The monoisotopic (exact) mass is 275 g/mol. The van der Waals surface area contributed by atoms with Gasteiger partial charge in [-0.05, 0) is 85.9 Å². The van der Waals surface area contributed by atoms with Crippen molar-refractivity contribution in [2.75, 3.05) is 0 Å². The third-order valence-electron chi connectivity index (χ3n) is 8.23. The quantitative estimate of drug-likeness (QED) is 0.607. The molecule has 0 N–H and O–H groups in total. The molecule has 4 aliphatic rings. The molecule has 2 nitrogen and oxygen atoms in total. The zero-order valence-corrected chi connectivity index (χ0v) is 13.1. The summed E-state index contributed by atoms with van der Waals surface area (Å²) in [6.07, 6.45) is 12.1. The van der Waals surface area contributed by atoms with Gasteiger partial charge in [0, 0.05) is 0 Å². The van der Waals surface area contributed by atoms with Crippen molar-refractivity contribution in [1.29, 1.82) is 0 Å². The third-order valence-corrected chi connectivity index (χ3v) is 8.23. The highest BCUT2D eigenvalue weighted by Gasteiger charge is 2.61. The lowest BCUT2D eigenvalue weighted by atomic mass is 9.52. The van der Waals surface area contributed by atoms with Crippen molar-refractivity contribution in [3.63, 3.8) is 0 Å². The first-order chi connectivity index (χ1) is 9.57. The number of hydrogen-bond donors (Lipinski definition) is 0. The van der Waals surface area contributed by atoms with Crippen molar-refractivity contribution in [2.45, 2.75) is 77.7 Å². The molecule has 0 aromatic carbocycles. The molecular formula is C18H29NO. The van der Waals surface area contributed by atoms with E-state index in [4.69, 9.17) is 0 Å². The van der Waals surface area contributed by atoms with Crippen LogP contribution in [0.1, 0.15) is 71.6 Å². The molecule has 4 rings (SSSR count). The van der Waals surface area contributed by atoms with Crippen LogP contribution in [0.5, 0.6) is 0 Å². The summed E-state index contributed by atoms with van der Waals surface area (Å²) in [6, 6.07) is 0.126. The maximum atomic E-state index is 10.9. The Kier molecular flexibility index (Phi) is 2.86. The summed E-state index contributed by atoms with van der Waals surface area (Å²) < 4.78 is 0. The molecule has 0 spiro atoms. The van der Waals surface area contributed by atoms with Crippen LogP contribution < -0.4 is 0 Å². The van der Waals surface area contributed by atoms with Gasteiger partial charge >= 0.3 is 0 Å². The highest BCUT2D eigenvalue weighted by molar-refractivity contribution is 5.10. The Bertz CT molecular complexity index is 422. The van der Waals surface area contributed by atoms with Gasteiger partial charge in [-0.3, -0.25) is 0 Å². The average molecular weight is 275 g/mol. The van der Waals surface area contributed by atoms with Crippen molar-refractivity contribution in [1.82, 2.24) is 0 Å². The average Bonchev–Trinajstić information content (AvgIpc) is 2.93. The molecule has 0 amide bonds. The maximum absolute atomic E-state index is 10.9. The molecule has 0 aliphatic heterocycles. The van der Waals surface area contributed by atoms with Crippen molar-refractivity contribution < 1.29 is 0 Å². The normalized spacial score (nSPS) is 57.8. The summed E-state index contributed by atoms with van der Waals surface area (Å²) in [5, 5.41) is 3.38. The van der Waals surface area contributed by atoms with E-state index >= 15 is 0 Å². The van der Waals surface area contributed by atoms with Crippen molar-refractivity contribution in [3.8, 4) is 0 Å². The van der Waals surface area contributed by atoms with E-state index in [1.807, 2.05) is 0 Å². The minimum atomic E-state index is 0.126. The topological polar surface area (TPSA) is 29.4 Å². The molecule has 7 atom stereocenters. The second-order valence-corrected chi connectivity index (χ2v) is 8.94. The Morgan fingerprint density at radius 1 is 1.00 bits per heavy atom. The van der Waals surface area contributed by atoms with Gasteiger partial charge in [-0.25, -0.2) is 0 Å². The third kappa shape index (κ3) is 1.63. The van der Waals surface area contributed by atoms with E-state index in [9.17, 15) is 4.91 Å². The molecule has 0 saturated heterocycles. The predicted octanol–water partition coefficient (Wildman–Crippen LogP) is 5.16. The molecule has 4 fully saturated rings. The first kappa shape index (κ1) is 13.3. The molecule has 2 heteroatoms. The van der Waals surface area contributed by atoms with Gasteiger partial charge in [0.15, 0.2) is 0 Å². The van der Waals surface area contributed by atoms with Crippen LogP contribution in [0.3, 0.4) is 0 Å². The number of nitrogens with zero attached hydrogens (tertiary/aromatic N) is 1. The summed E-state index contributed by atoms with van der Waals surface area (Å²) >= 11 is 0. The second kappa shape index (κ2) is 4.30. The highest BCUT2D eigenvalue weighted by Crippen LogP contribution is 2.69. The molecule has 0 aromatic rings. The van der Waals surface area contributed by atoms with Crippen molar-refractivity contribution >= 4 is 0 Å². The standard InChI is InChI=1S/C18H29NO/c1-17-8-3-4-15(17)14-6-5-12-10-13(19-20)7-9-18(12,2)16(14)11-17/h12-16H,3-11H2,1-2H3/t12?,13-,14?,15?,16?,17-,18-/m0/s1. The fourth-order valence-corrected chi connectivity index (χ4v) is 7.13. The lowest BCUT2D eigenvalue weighted by molar-refractivity contribution is -0.0351. The van der Waals surface area contributed by atoms with Gasteiger partial charge < -0.3 is 0 Å². The minimum Gasteiger partial charge on any atom is -0.151 e. The van der Waals surface area contributed by atoms with Crippen LogP contribution in [0.2, 0.25) is 0 Å². The molecule has 20 heavy (non-hydrogen) atoms. The molecule has 0 radical (unpaired) electrons. The van der Waals surface area contributed by atoms with E-state index in [0.29, 0.717) is 10.8 Å². The lowest BCUT2D eigenvalue weighted by Gasteiger charge is -2.53. The first-order valence-electron chi connectivity index (χ1n) is 8.89. The molecule has 4 unspecified atom stereocenters. The highest BCUT2D eigenvalue weighted by atomic mass is 16.3. The Balaban J connectivity index is 1.62. The largest absolute Gasteiger partial charge is 0.151 e. The van der Waals surface area contributed by atoms with Gasteiger partial charge in [0.05, 0.1) is 6.04 Å². The van der Waals surface area contributed by atoms with E-state index in [1.165, 1.54) is 44.9 Å². The van der Waals surface area contributed by atoms with Gasteiger partial charge in [-0.2, -0.15) is 4.91 Å². The van der Waals surface area contributed by atoms with Crippen LogP contribution >= 0.6 is 0 Å². The Morgan fingerprint density at radius 3 is 2.65 bits per heavy atom. The van der Waals surface area contributed by atoms with Crippen molar-refractivity contribution in [3.05, 3.63) is 4.91 Å². The van der Waals surface area contributed by atoms with E-state index in [0.717, 1.165) is 36.5 Å². The molecular weight excluding hydrogens is 246 g/mol. The van der Waals surface area contributed by atoms with Crippen LogP contribution in [-0.4, -0.2) is 6.04 Å². The number of nitroso groups, excluding NO2 is 1. The summed E-state index contributed by atoms with van der Waals surface area (Å²) in [6.45, 7) is 5.15. The summed E-state index contributed by atoms with van der Waals surface area (Å²) in [4.78, 5) is 10.9. The Labute approximate surface area is 123 Å². The summed E-state index contributed by atoms with van der Waals surface area (Å²) in [7, 11) is 0. The Hall–Kier alpha value is -0.400. The SMILES string of the molecule is C[C@@]12CCCC1C1CCC3C[C@@H](N=O)CC[C@]3(C)C1C2. The molecule has 4 saturated carbocycles. The maximum Gasteiger partial charge on any atom is 0.0922 e. The molecule has 112 valence electrons. The van der Waals surface area contributed by atoms with Gasteiger partial charge in [0.25, 0.3) is 0 Å². The van der Waals surface area contributed by atoms with E-state index in [2.05, 4.69) is 19.0 Å². The number of fused-ring (bicyclic) bond motifs is 5. The second-order valence-electron chi connectivity index (χ2n) is 8.94. The molecule has 0 heterocycles. The van der Waals surface area contributed by atoms with E-state index < -0.39 is 0 Å². The van der Waals surface area contributed by atoms with Crippen molar-refractivity contribution in [2.24, 2.45) is 39.7 Å². The number of hydrogen-bond acceptors (Lipinski definition) is 2. The smallest absolute Gasteiger partial charge is 0.0922 e. The molecule has 0 bridgehead atoms. The minimum absolute atomic E-state index is 0.126. The van der Waals surface area contributed by atoms with Crippen LogP contribution in [-0.2, 0) is 0 Å². The summed E-state index contributed by atoms with van der Waals surface area (Å²) in [5.41, 5.74) is 1.18. The van der Waals surface area contributed by atoms with E-state index in [-0.39, 0.29) is 6.04 Å². The van der Waals surface area contributed by atoms with Gasteiger partial charge in [0.2, 0.25) is 0 Å². The van der Waals surface area contributed by atoms with Gasteiger partial charge in [-0.15, -0.1) is 0 Å². The van der Waals surface area contributed by atoms with Crippen LogP contribution in [0, 0.1) is 39.4 Å².